The van der Waals surface area contributed by atoms with E-state index in [9.17, 15) is 9.90 Å². The molecule has 2 unspecified atom stereocenters. The summed E-state index contributed by atoms with van der Waals surface area (Å²) in [6.45, 7) is 3.86. The number of urea groups is 1. The Morgan fingerprint density at radius 2 is 2.05 bits per heavy atom. The molecule has 2 N–H and O–H groups in total. The zero-order valence-electron chi connectivity index (χ0n) is 13.0. The molecule has 0 saturated carbocycles. The summed E-state index contributed by atoms with van der Waals surface area (Å²) in [5, 5.41) is 19.9. The van der Waals surface area contributed by atoms with Crippen molar-refractivity contribution in [1.29, 1.82) is 0 Å². The van der Waals surface area contributed by atoms with E-state index < -0.39 is 6.10 Å². The van der Waals surface area contributed by atoms with Crippen LogP contribution in [-0.4, -0.2) is 50.7 Å². The molecule has 22 heavy (non-hydrogen) atoms. The van der Waals surface area contributed by atoms with Crippen LogP contribution in [0, 0.1) is 0 Å². The second-order valence-corrected chi connectivity index (χ2v) is 5.34. The van der Waals surface area contributed by atoms with Crippen molar-refractivity contribution < 1.29 is 9.90 Å². The predicted molar refractivity (Wildman–Crippen MR) is 82.6 cm³/mol. The maximum atomic E-state index is 12.0. The van der Waals surface area contributed by atoms with Gasteiger partial charge in [0.05, 0.1) is 30.2 Å². The van der Waals surface area contributed by atoms with Crippen LogP contribution in [-0.2, 0) is 0 Å². The number of nitrogens with zero attached hydrogens (tertiary/aromatic N) is 4. The molecule has 1 heterocycles. The number of hydrogen-bond acceptors (Lipinski definition) is 4. The molecule has 0 bridgehead atoms. The number of rotatable bonds is 5. The summed E-state index contributed by atoms with van der Waals surface area (Å²) >= 11 is 0. The van der Waals surface area contributed by atoms with Crippen LogP contribution in [0.2, 0.25) is 0 Å². The lowest BCUT2D eigenvalue weighted by Crippen LogP contribution is -2.41. The maximum absolute atomic E-state index is 12.0. The lowest BCUT2D eigenvalue weighted by atomic mass is 10.1. The Hall–Kier alpha value is -2.41. The summed E-state index contributed by atoms with van der Waals surface area (Å²) < 4.78 is 1.67. The van der Waals surface area contributed by atoms with Gasteiger partial charge >= 0.3 is 6.03 Å². The second-order valence-electron chi connectivity index (χ2n) is 5.34. The van der Waals surface area contributed by atoms with Gasteiger partial charge in [0.1, 0.15) is 0 Å². The van der Waals surface area contributed by atoms with Gasteiger partial charge in [-0.2, -0.15) is 0 Å². The van der Waals surface area contributed by atoms with E-state index in [2.05, 4.69) is 15.6 Å². The highest BCUT2D eigenvalue weighted by Gasteiger charge is 2.14. The summed E-state index contributed by atoms with van der Waals surface area (Å²) in [7, 11) is 1.66. The summed E-state index contributed by atoms with van der Waals surface area (Å²) in [5.74, 6) is 0. The summed E-state index contributed by atoms with van der Waals surface area (Å²) in [4.78, 5) is 13.5. The number of aliphatic hydroxyl groups excluding tert-OH is 1. The number of benzene rings is 1. The molecule has 1 aromatic carbocycles. The van der Waals surface area contributed by atoms with Crippen molar-refractivity contribution in [3.8, 4) is 5.69 Å². The Morgan fingerprint density at radius 3 is 2.59 bits per heavy atom. The molecule has 2 atom stereocenters. The van der Waals surface area contributed by atoms with Crippen LogP contribution < -0.4 is 5.32 Å². The predicted octanol–water partition coefficient (Wildman–Crippen LogP) is 1.35. The van der Waals surface area contributed by atoms with Crippen molar-refractivity contribution in [3.05, 3.63) is 42.2 Å². The fourth-order valence-electron chi connectivity index (χ4n) is 2.12. The van der Waals surface area contributed by atoms with E-state index in [1.165, 1.54) is 4.90 Å². The largest absolute Gasteiger partial charge is 0.392 e. The number of aliphatic hydroxyl groups is 1. The Bertz CT molecular complexity index is 595. The van der Waals surface area contributed by atoms with Gasteiger partial charge in [-0.15, -0.1) is 5.10 Å². The van der Waals surface area contributed by atoms with Gasteiger partial charge in [-0.05, 0) is 31.5 Å². The standard InChI is InChI=1S/C15H21N5O2/c1-11(21)10-19(3)15(22)17-12(2)13-4-6-14(7-5-13)20-9-8-16-18-20/h4-9,11-12,21H,10H2,1-3H3,(H,17,22). The van der Waals surface area contributed by atoms with E-state index in [4.69, 9.17) is 0 Å². The van der Waals surface area contributed by atoms with Gasteiger partial charge in [-0.25, -0.2) is 9.48 Å². The van der Waals surface area contributed by atoms with Gasteiger partial charge in [0, 0.05) is 13.6 Å². The third-order valence-electron chi connectivity index (χ3n) is 3.30. The molecule has 7 heteroatoms. The summed E-state index contributed by atoms with van der Waals surface area (Å²) in [6, 6.07) is 7.38. The average molecular weight is 303 g/mol. The van der Waals surface area contributed by atoms with Crippen LogP contribution in [0.5, 0.6) is 0 Å². The first-order valence-corrected chi connectivity index (χ1v) is 7.13. The molecule has 0 aliphatic carbocycles. The van der Waals surface area contributed by atoms with E-state index in [1.54, 1.807) is 31.0 Å². The van der Waals surface area contributed by atoms with Gasteiger partial charge in [-0.3, -0.25) is 0 Å². The highest BCUT2D eigenvalue weighted by Crippen LogP contribution is 2.15. The molecule has 1 aromatic heterocycles. The quantitative estimate of drug-likeness (QED) is 0.873. The summed E-state index contributed by atoms with van der Waals surface area (Å²) in [6.07, 6.45) is 2.84. The third-order valence-corrected chi connectivity index (χ3v) is 3.30. The third kappa shape index (κ3) is 4.05. The number of carbonyl (C=O) groups excluding carboxylic acids is 1. The molecule has 0 saturated heterocycles. The second kappa shape index (κ2) is 7.04. The fourth-order valence-corrected chi connectivity index (χ4v) is 2.12. The zero-order valence-corrected chi connectivity index (χ0v) is 13.0. The van der Waals surface area contributed by atoms with Crippen LogP contribution in [0.3, 0.4) is 0 Å². The van der Waals surface area contributed by atoms with Crippen LogP contribution in [0.1, 0.15) is 25.5 Å². The van der Waals surface area contributed by atoms with Crippen LogP contribution in [0.15, 0.2) is 36.7 Å². The van der Waals surface area contributed by atoms with E-state index in [1.807, 2.05) is 31.2 Å². The molecule has 2 rings (SSSR count). The number of hydrogen-bond donors (Lipinski definition) is 2. The van der Waals surface area contributed by atoms with Crippen molar-refractivity contribution in [1.82, 2.24) is 25.2 Å². The Balaban J connectivity index is 1.98. The Labute approximate surface area is 129 Å². The minimum Gasteiger partial charge on any atom is -0.392 e. The highest BCUT2D eigenvalue weighted by atomic mass is 16.3. The maximum Gasteiger partial charge on any atom is 0.317 e. The smallest absolute Gasteiger partial charge is 0.317 e. The number of carbonyl (C=O) groups is 1. The van der Waals surface area contributed by atoms with Crippen LogP contribution >= 0.6 is 0 Å². The molecule has 0 aliphatic rings. The van der Waals surface area contributed by atoms with Gasteiger partial charge in [-0.1, -0.05) is 17.3 Å². The highest BCUT2D eigenvalue weighted by molar-refractivity contribution is 5.74. The first kappa shape index (κ1) is 16.0. The number of likely N-dealkylation sites (N-methyl/N-ethyl adjacent to an activating group) is 1. The van der Waals surface area contributed by atoms with Gasteiger partial charge < -0.3 is 15.3 Å². The Morgan fingerprint density at radius 1 is 1.36 bits per heavy atom. The minimum atomic E-state index is -0.548. The first-order chi connectivity index (χ1) is 10.5. The van der Waals surface area contributed by atoms with E-state index in [-0.39, 0.29) is 12.1 Å². The van der Waals surface area contributed by atoms with Gasteiger partial charge in [0.2, 0.25) is 0 Å². The molecule has 2 aromatic rings. The Kier molecular flexibility index (Phi) is 5.11. The van der Waals surface area contributed by atoms with Crippen LogP contribution in [0.4, 0.5) is 4.79 Å². The molecule has 118 valence electrons. The van der Waals surface area contributed by atoms with E-state index in [0.29, 0.717) is 6.54 Å². The van der Waals surface area contributed by atoms with Crippen molar-refractivity contribution >= 4 is 6.03 Å². The molecule has 0 fully saturated rings. The van der Waals surface area contributed by atoms with Gasteiger partial charge in [0.25, 0.3) is 0 Å². The number of amides is 2. The molecule has 0 spiro atoms. The monoisotopic (exact) mass is 303 g/mol. The SMILES string of the molecule is CC(O)CN(C)C(=O)NC(C)c1ccc(-n2ccnn2)cc1. The van der Waals surface area contributed by atoms with Gasteiger partial charge in [0.15, 0.2) is 0 Å². The lowest BCUT2D eigenvalue weighted by Gasteiger charge is -2.22. The summed E-state index contributed by atoms with van der Waals surface area (Å²) in [5.41, 5.74) is 1.90. The van der Waals surface area contributed by atoms with E-state index in [0.717, 1.165) is 11.3 Å². The topological polar surface area (TPSA) is 83.3 Å². The van der Waals surface area contributed by atoms with Crippen LogP contribution in [0.25, 0.3) is 5.69 Å². The zero-order chi connectivity index (χ0) is 16.1. The fraction of sp³-hybridized carbons (Fsp3) is 0.400. The van der Waals surface area contributed by atoms with Crippen molar-refractivity contribution in [2.75, 3.05) is 13.6 Å². The van der Waals surface area contributed by atoms with Crippen molar-refractivity contribution in [2.45, 2.75) is 26.0 Å². The normalized spacial score (nSPS) is 13.5. The number of aromatic nitrogens is 3. The number of nitrogens with one attached hydrogen (secondary N) is 1. The average Bonchev–Trinajstić information content (AvgIpc) is 3.00. The molecule has 0 aliphatic heterocycles. The first-order valence-electron chi connectivity index (χ1n) is 7.13. The lowest BCUT2D eigenvalue weighted by molar-refractivity contribution is 0.142. The molecule has 0 radical (unpaired) electrons. The van der Waals surface area contributed by atoms with E-state index >= 15 is 0 Å². The minimum absolute atomic E-state index is 0.131. The van der Waals surface area contributed by atoms with Crippen molar-refractivity contribution in [3.63, 3.8) is 0 Å². The molecular weight excluding hydrogens is 282 g/mol. The molecule has 7 nitrogen and oxygen atoms in total. The molecule has 2 amide bonds. The molecular formula is C15H21N5O2. The van der Waals surface area contributed by atoms with Crippen molar-refractivity contribution in [2.24, 2.45) is 0 Å².